The van der Waals surface area contributed by atoms with Gasteiger partial charge in [-0.1, -0.05) is 24.3 Å². The molecule has 0 heterocycles. The number of fused-ring (bicyclic) bond motifs is 1. The summed E-state index contributed by atoms with van der Waals surface area (Å²) in [4.78, 5) is 32.5. The number of ketones is 2. The zero-order valence-electron chi connectivity index (χ0n) is 11.7. The number of benzene rings is 1. The van der Waals surface area contributed by atoms with Crippen LogP contribution in [-0.4, -0.2) is 51.2 Å². The van der Waals surface area contributed by atoms with Gasteiger partial charge in [0.1, 0.15) is 6.04 Å². The van der Waals surface area contributed by atoms with Crippen molar-refractivity contribution in [3.8, 4) is 0 Å². The van der Waals surface area contributed by atoms with Crippen LogP contribution in [0.3, 0.4) is 0 Å². The Bertz CT molecular complexity index is 547. The van der Waals surface area contributed by atoms with Crippen molar-refractivity contribution in [2.75, 3.05) is 6.54 Å². The third kappa shape index (κ3) is 3.74. The molecule has 1 aliphatic carbocycles. The average molecular weight is 310 g/mol. The van der Waals surface area contributed by atoms with Gasteiger partial charge in [0.05, 0.1) is 0 Å². The third-order valence-electron chi connectivity index (χ3n) is 3.09. The predicted octanol–water partition coefficient (Wildman–Crippen LogP) is -1.12. The fourth-order valence-electron chi connectivity index (χ4n) is 1.82. The minimum absolute atomic E-state index is 0.0671. The molecule has 8 nitrogen and oxygen atoms in total. The summed E-state index contributed by atoms with van der Waals surface area (Å²) in [7, 11) is 0. The van der Waals surface area contributed by atoms with Crippen molar-refractivity contribution in [1.82, 2.24) is 0 Å². The number of aliphatic carboxylic acids is 1. The second-order valence-electron chi connectivity index (χ2n) is 4.75. The van der Waals surface area contributed by atoms with Gasteiger partial charge in [0, 0.05) is 11.1 Å². The molecular formula is C14H18N2O6. The van der Waals surface area contributed by atoms with Crippen LogP contribution in [0.15, 0.2) is 24.3 Å². The van der Waals surface area contributed by atoms with Crippen molar-refractivity contribution in [3.05, 3.63) is 35.4 Å². The minimum atomic E-state index is -2.86. The van der Waals surface area contributed by atoms with E-state index in [9.17, 15) is 14.4 Å². The van der Waals surface area contributed by atoms with Crippen LogP contribution in [0.4, 0.5) is 0 Å². The number of hydrogen-bond acceptors (Lipinski definition) is 7. The molecule has 1 aliphatic rings. The Hall–Kier alpha value is -2.13. The standard InChI is InChI=1S/C9H6O4.C5H12N2O2/c10-7-5-3-1-2-4-6(5)8(11)9(7,12)13;6-3-1-2-4(7)5(8)9/h1-4,12-13H;4H,1-3,6-7H2,(H,8,9)/t;4-/m.0/s1. The van der Waals surface area contributed by atoms with Crippen LogP contribution in [0.2, 0.25) is 0 Å². The number of hydrogen-bond donors (Lipinski definition) is 5. The van der Waals surface area contributed by atoms with E-state index < -0.39 is 29.4 Å². The summed E-state index contributed by atoms with van der Waals surface area (Å²) in [6, 6.07) is 5.16. The SMILES string of the molecule is NCCC[C@H](N)C(=O)O.O=C1c2ccccc2C(=O)C1(O)O. The van der Waals surface area contributed by atoms with Crippen LogP contribution in [0, 0.1) is 0 Å². The summed E-state index contributed by atoms with van der Waals surface area (Å²) in [5, 5.41) is 26.5. The highest BCUT2D eigenvalue weighted by atomic mass is 16.5. The molecule has 0 radical (unpaired) electrons. The van der Waals surface area contributed by atoms with Crippen LogP contribution in [-0.2, 0) is 4.79 Å². The minimum Gasteiger partial charge on any atom is -0.480 e. The molecule has 0 fully saturated rings. The van der Waals surface area contributed by atoms with Gasteiger partial charge in [0.2, 0.25) is 11.6 Å². The van der Waals surface area contributed by atoms with Crippen LogP contribution in [0.5, 0.6) is 0 Å². The summed E-state index contributed by atoms with van der Waals surface area (Å²) >= 11 is 0. The van der Waals surface area contributed by atoms with Crippen LogP contribution >= 0.6 is 0 Å². The number of carbonyl (C=O) groups excluding carboxylic acids is 2. The largest absolute Gasteiger partial charge is 0.480 e. The van der Waals surface area contributed by atoms with Crippen molar-refractivity contribution >= 4 is 17.5 Å². The third-order valence-corrected chi connectivity index (χ3v) is 3.09. The Morgan fingerprint density at radius 2 is 1.59 bits per heavy atom. The molecule has 2 rings (SSSR count). The van der Waals surface area contributed by atoms with Crippen molar-refractivity contribution < 1.29 is 29.7 Å². The molecule has 1 atom stereocenters. The highest BCUT2D eigenvalue weighted by Gasteiger charge is 2.50. The smallest absolute Gasteiger partial charge is 0.320 e. The maximum absolute atomic E-state index is 11.2. The summed E-state index contributed by atoms with van der Waals surface area (Å²) in [6.45, 7) is 0.501. The normalized spacial score (nSPS) is 16.5. The Morgan fingerprint density at radius 1 is 1.14 bits per heavy atom. The van der Waals surface area contributed by atoms with Crippen LogP contribution in [0.25, 0.3) is 0 Å². The van der Waals surface area contributed by atoms with E-state index in [1.165, 1.54) is 12.1 Å². The second kappa shape index (κ2) is 7.23. The Labute approximate surface area is 126 Å². The van der Waals surface area contributed by atoms with E-state index >= 15 is 0 Å². The fourth-order valence-corrected chi connectivity index (χ4v) is 1.82. The van der Waals surface area contributed by atoms with E-state index in [1.54, 1.807) is 12.1 Å². The van der Waals surface area contributed by atoms with Crippen molar-refractivity contribution in [1.29, 1.82) is 0 Å². The molecule has 1 aromatic carbocycles. The van der Waals surface area contributed by atoms with Gasteiger partial charge in [0.25, 0.3) is 5.79 Å². The summed E-state index contributed by atoms with van der Waals surface area (Å²) in [6.07, 6.45) is 1.14. The molecule has 8 heteroatoms. The monoisotopic (exact) mass is 310 g/mol. The Morgan fingerprint density at radius 3 is 1.95 bits per heavy atom. The summed E-state index contributed by atoms with van der Waals surface area (Å²) in [5.74, 6) is -5.71. The maximum atomic E-state index is 11.2. The van der Waals surface area contributed by atoms with E-state index in [0.717, 1.165) is 0 Å². The molecular weight excluding hydrogens is 292 g/mol. The van der Waals surface area contributed by atoms with Crippen LogP contribution < -0.4 is 11.5 Å². The molecule has 0 saturated carbocycles. The van der Waals surface area contributed by atoms with Gasteiger partial charge in [-0.2, -0.15) is 0 Å². The number of carboxylic acids is 1. The lowest BCUT2D eigenvalue weighted by atomic mass is 10.1. The van der Waals surface area contributed by atoms with Gasteiger partial charge in [-0.25, -0.2) is 0 Å². The highest BCUT2D eigenvalue weighted by Crippen LogP contribution is 2.27. The zero-order valence-corrected chi connectivity index (χ0v) is 11.7. The van der Waals surface area contributed by atoms with E-state index in [2.05, 4.69) is 0 Å². The lowest BCUT2D eigenvalue weighted by Gasteiger charge is -2.08. The van der Waals surface area contributed by atoms with Gasteiger partial charge < -0.3 is 26.8 Å². The zero-order chi connectivity index (χ0) is 16.9. The Balaban J connectivity index is 0.000000239. The number of carboxylic acid groups (broad SMARTS) is 1. The van der Waals surface area contributed by atoms with Gasteiger partial charge in [-0.15, -0.1) is 0 Å². The lowest BCUT2D eigenvalue weighted by molar-refractivity contribution is -0.138. The quantitative estimate of drug-likeness (QED) is 0.345. The molecule has 0 saturated heterocycles. The topological polar surface area (TPSA) is 164 Å². The molecule has 120 valence electrons. The lowest BCUT2D eigenvalue weighted by Crippen LogP contribution is -2.40. The van der Waals surface area contributed by atoms with E-state index in [1.807, 2.05) is 0 Å². The first kappa shape index (κ1) is 17.9. The first-order valence-electron chi connectivity index (χ1n) is 6.55. The van der Waals surface area contributed by atoms with E-state index in [4.69, 9.17) is 26.8 Å². The molecule has 0 aliphatic heterocycles. The first-order valence-corrected chi connectivity index (χ1v) is 6.55. The summed E-state index contributed by atoms with van der Waals surface area (Å²) < 4.78 is 0. The van der Waals surface area contributed by atoms with Gasteiger partial charge in [-0.3, -0.25) is 14.4 Å². The molecule has 0 unspecified atom stereocenters. The molecule has 0 bridgehead atoms. The van der Waals surface area contributed by atoms with Crippen molar-refractivity contribution in [2.24, 2.45) is 11.5 Å². The number of carbonyl (C=O) groups is 3. The number of rotatable bonds is 4. The number of Topliss-reactive ketones (excluding diaryl/α,β-unsaturated/α-hetero) is 2. The molecule has 0 aromatic heterocycles. The second-order valence-corrected chi connectivity index (χ2v) is 4.75. The predicted molar refractivity (Wildman–Crippen MR) is 76.2 cm³/mol. The number of aliphatic hydroxyl groups is 2. The van der Waals surface area contributed by atoms with Crippen molar-refractivity contribution in [2.45, 2.75) is 24.7 Å². The molecule has 0 amide bonds. The highest BCUT2D eigenvalue weighted by molar-refractivity contribution is 6.30. The van der Waals surface area contributed by atoms with Crippen molar-refractivity contribution in [3.63, 3.8) is 0 Å². The summed E-state index contributed by atoms with van der Waals surface area (Å²) in [5.41, 5.74) is 10.4. The molecule has 0 spiro atoms. The van der Waals surface area contributed by atoms with Gasteiger partial charge >= 0.3 is 5.97 Å². The first-order chi connectivity index (χ1) is 10.2. The van der Waals surface area contributed by atoms with Gasteiger partial charge in [0.15, 0.2) is 0 Å². The molecule has 7 N–H and O–H groups in total. The van der Waals surface area contributed by atoms with E-state index in [-0.39, 0.29) is 11.1 Å². The Kier molecular flexibility index (Phi) is 5.89. The average Bonchev–Trinajstić information content (AvgIpc) is 2.67. The maximum Gasteiger partial charge on any atom is 0.320 e. The molecule has 1 aromatic rings. The number of nitrogens with two attached hydrogens (primary N) is 2. The van der Waals surface area contributed by atoms with E-state index in [0.29, 0.717) is 19.4 Å². The van der Waals surface area contributed by atoms with Crippen LogP contribution in [0.1, 0.15) is 33.6 Å². The van der Waals surface area contributed by atoms with Gasteiger partial charge in [-0.05, 0) is 19.4 Å². The fraction of sp³-hybridized carbons (Fsp3) is 0.357. The molecule has 22 heavy (non-hydrogen) atoms.